The minimum atomic E-state index is -0.903. The van der Waals surface area contributed by atoms with Crippen molar-refractivity contribution in [1.82, 2.24) is 25.1 Å². The molecule has 2 N–H and O–H groups in total. The summed E-state index contributed by atoms with van der Waals surface area (Å²) in [6.07, 6.45) is 7.40. The maximum atomic E-state index is 12.9. The van der Waals surface area contributed by atoms with Crippen molar-refractivity contribution in [2.24, 2.45) is 0 Å². The Balaban J connectivity index is 1.26. The van der Waals surface area contributed by atoms with Gasteiger partial charge in [0.2, 0.25) is 5.82 Å². The molecule has 3 aromatic rings. The lowest BCUT2D eigenvalue weighted by atomic mass is 10.2. The molecule has 1 fully saturated rings. The highest BCUT2D eigenvalue weighted by molar-refractivity contribution is 7.99. The number of aliphatic hydroxyl groups is 1. The van der Waals surface area contributed by atoms with Gasteiger partial charge in [-0.1, -0.05) is 43.2 Å². The Bertz CT molecular complexity index is 1170. The monoisotopic (exact) mass is 493 g/mol. The predicted octanol–water partition coefficient (Wildman–Crippen LogP) is 2.76. The third-order valence-electron chi connectivity index (χ3n) is 6.86. The van der Waals surface area contributed by atoms with Crippen molar-refractivity contribution in [2.45, 2.75) is 55.4 Å². The van der Waals surface area contributed by atoms with Crippen LogP contribution in [0, 0.1) is 0 Å². The summed E-state index contributed by atoms with van der Waals surface area (Å²) in [5.74, 6) is 1.15. The van der Waals surface area contributed by atoms with Crippen LogP contribution in [0.15, 0.2) is 53.8 Å². The van der Waals surface area contributed by atoms with Crippen molar-refractivity contribution in [3.63, 3.8) is 0 Å². The van der Waals surface area contributed by atoms with E-state index >= 15 is 0 Å². The van der Waals surface area contributed by atoms with Crippen molar-refractivity contribution in [3.05, 3.63) is 60.3 Å². The number of hydrogen-bond donors (Lipinski definition) is 2. The van der Waals surface area contributed by atoms with Gasteiger partial charge in [-0.2, -0.15) is 0 Å². The Morgan fingerprint density at radius 1 is 1.23 bits per heavy atom. The quantitative estimate of drug-likeness (QED) is 0.541. The number of rotatable bonds is 6. The zero-order valence-electron chi connectivity index (χ0n) is 20.0. The van der Waals surface area contributed by atoms with Gasteiger partial charge in [-0.3, -0.25) is 4.79 Å². The first-order valence-corrected chi connectivity index (χ1v) is 13.0. The van der Waals surface area contributed by atoms with Gasteiger partial charge in [-0.25, -0.2) is 14.6 Å². The third kappa shape index (κ3) is 5.13. The fraction of sp³-hybridized carbons (Fsp3) is 0.440. The fourth-order valence-electron chi connectivity index (χ4n) is 4.74. The normalized spacial score (nSPS) is 20.4. The lowest BCUT2D eigenvalue weighted by Gasteiger charge is -2.30. The Kier molecular flexibility index (Phi) is 6.92. The number of nitrogens with one attached hydrogen (secondary N) is 1. The second kappa shape index (κ2) is 10.2. The van der Waals surface area contributed by atoms with Gasteiger partial charge in [0.05, 0.1) is 24.5 Å². The van der Waals surface area contributed by atoms with Crippen molar-refractivity contribution < 1.29 is 9.90 Å². The van der Waals surface area contributed by atoms with Crippen LogP contribution < -0.4 is 15.1 Å². The van der Waals surface area contributed by atoms with Crippen LogP contribution in [0.25, 0.3) is 0 Å². The molecular weight excluding hydrogens is 462 g/mol. The lowest BCUT2D eigenvalue weighted by molar-refractivity contribution is 0.0848. The van der Waals surface area contributed by atoms with Crippen LogP contribution in [0.4, 0.5) is 11.5 Å². The summed E-state index contributed by atoms with van der Waals surface area (Å²) in [6.45, 7) is 0.533. The Morgan fingerprint density at radius 3 is 2.77 bits per heavy atom. The Hall–Kier alpha value is -3.11. The number of thioether (sulfide) groups is 1. The van der Waals surface area contributed by atoms with Gasteiger partial charge in [-0.15, -0.1) is 16.9 Å². The molecule has 0 saturated heterocycles. The molecule has 184 valence electrons. The number of hydrogen-bond acceptors (Lipinski definition) is 8. The summed E-state index contributed by atoms with van der Waals surface area (Å²) in [5.41, 5.74) is 1.93. The lowest BCUT2D eigenvalue weighted by Crippen LogP contribution is -2.51. The van der Waals surface area contributed by atoms with E-state index < -0.39 is 18.2 Å². The molecule has 0 radical (unpaired) electrons. The first-order chi connectivity index (χ1) is 17.0. The van der Waals surface area contributed by atoms with Gasteiger partial charge in [0.25, 0.3) is 5.91 Å². The fourth-order valence-corrected chi connectivity index (χ4v) is 5.89. The number of nitrogens with zero attached hydrogens (tertiary/aromatic N) is 6. The van der Waals surface area contributed by atoms with Crippen LogP contribution >= 0.6 is 11.8 Å². The summed E-state index contributed by atoms with van der Waals surface area (Å²) in [7, 11) is 3.93. The highest BCUT2D eigenvalue weighted by Gasteiger charge is 2.32. The first kappa shape index (κ1) is 23.6. The van der Waals surface area contributed by atoms with Crippen LogP contribution in [0.5, 0.6) is 0 Å². The smallest absolute Gasteiger partial charge is 0.291 e. The maximum Gasteiger partial charge on any atom is 0.291 e. The SMILES string of the molecule is CN(c1cc2c(cn1)N(C)C(O)[C@@H](NC(=O)c1ncn(Cc3ccccc3)n1)CS2)C1CCCC1. The Morgan fingerprint density at radius 2 is 2.00 bits per heavy atom. The number of benzene rings is 1. The number of likely N-dealkylation sites (N-methyl/N-ethyl adjacent to an activating group) is 1. The zero-order valence-corrected chi connectivity index (χ0v) is 20.9. The van der Waals surface area contributed by atoms with E-state index in [2.05, 4.69) is 38.4 Å². The number of fused-ring (bicyclic) bond motifs is 1. The van der Waals surface area contributed by atoms with Gasteiger partial charge < -0.3 is 20.2 Å². The third-order valence-corrected chi connectivity index (χ3v) is 8.03. The van der Waals surface area contributed by atoms with Crippen LogP contribution in [0.1, 0.15) is 41.9 Å². The second-order valence-corrected chi connectivity index (χ2v) is 10.3. The van der Waals surface area contributed by atoms with Crippen molar-refractivity contribution >= 4 is 29.2 Å². The van der Waals surface area contributed by atoms with Gasteiger partial charge in [0, 0.05) is 30.8 Å². The second-order valence-electron chi connectivity index (χ2n) is 9.23. The molecule has 0 bridgehead atoms. The van der Waals surface area contributed by atoms with E-state index in [0.29, 0.717) is 18.3 Å². The average Bonchev–Trinajstić information content (AvgIpc) is 3.56. The molecule has 1 amide bonds. The molecule has 2 atom stereocenters. The largest absolute Gasteiger partial charge is 0.371 e. The number of amides is 1. The molecule has 10 heteroatoms. The minimum absolute atomic E-state index is 0.0877. The Labute approximate surface area is 209 Å². The zero-order chi connectivity index (χ0) is 24.4. The molecule has 1 aliphatic carbocycles. The first-order valence-electron chi connectivity index (χ1n) is 12.0. The molecule has 0 spiro atoms. The standard InChI is InChI=1S/C25H31N7O2S/c1-30(18-10-6-7-11-18)22-12-21-20(13-26-22)31(2)25(34)19(15-35-21)28-24(33)23-27-16-32(29-23)14-17-8-4-3-5-9-17/h3-5,8-9,12-13,16,18-19,25,34H,6-7,10-11,14-15H2,1-2H3,(H,28,33)/t19-,25?/m0/s1. The molecule has 1 aromatic carbocycles. The van der Waals surface area contributed by atoms with Crippen molar-refractivity contribution in [1.29, 1.82) is 0 Å². The van der Waals surface area contributed by atoms with Crippen molar-refractivity contribution in [3.8, 4) is 0 Å². The van der Waals surface area contributed by atoms with Gasteiger partial charge in [0.15, 0.2) is 0 Å². The molecule has 35 heavy (non-hydrogen) atoms. The molecular formula is C25H31N7O2S. The van der Waals surface area contributed by atoms with Gasteiger partial charge in [0.1, 0.15) is 18.4 Å². The molecule has 1 aliphatic heterocycles. The highest BCUT2D eigenvalue weighted by atomic mass is 32.2. The van der Waals surface area contributed by atoms with E-state index in [9.17, 15) is 9.90 Å². The summed E-state index contributed by atoms with van der Waals surface area (Å²) >= 11 is 1.61. The predicted molar refractivity (Wildman–Crippen MR) is 137 cm³/mol. The van der Waals surface area contributed by atoms with E-state index in [1.165, 1.54) is 25.7 Å². The van der Waals surface area contributed by atoms with E-state index in [1.807, 2.05) is 43.6 Å². The number of aliphatic hydroxyl groups excluding tert-OH is 1. The van der Waals surface area contributed by atoms with Crippen LogP contribution in [-0.4, -0.2) is 68.9 Å². The topological polar surface area (TPSA) is 99.4 Å². The van der Waals surface area contributed by atoms with Crippen LogP contribution in [-0.2, 0) is 6.54 Å². The molecule has 2 aliphatic rings. The van der Waals surface area contributed by atoms with Crippen LogP contribution in [0.2, 0.25) is 0 Å². The number of pyridine rings is 1. The molecule has 1 unspecified atom stereocenters. The van der Waals surface area contributed by atoms with Gasteiger partial charge >= 0.3 is 0 Å². The average molecular weight is 494 g/mol. The summed E-state index contributed by atoms with van der Waals surface area (Å²) in [5, 5.41) is 18.3. The number of aromatic nitrogens is 4. The maximum absolute atomic E-state index is 12.9. The van der Waals surface area contributed by atoms with E-state index in [-0.39, 0.29) is 5.82 Å². The molecule has 2 aromatic heterocycles. The highest BCUT2D eigenvalue weighted by Crippen LogP contribution is 2.37. The van der Waals surface area contributed by atoms with E-state index in [1.54, 1.807) is 27.7 Å². The van der Waals surface area contributed by atoms with E-state index in [0.717, 1.165) is 22.0 Å². The van der Waals surface area contributed by atoms with E-state index in [4.69, 9.17) is 0 Å². The van der Waals surface area contributed by atoms with Gasteiger partial charge in [-0.05, 0) is 24.5 Å². The minimum Gasteiger partial charge on any atom is -0.371 e. The molecule has 5 rings (SSSR count). The van der Waals surface area contributed by atoms with Crippen molar-refractivity contribution in [2.75, 3.05) is 29.6 Å². The summed E-state index contributed by atoms with van der Waals surface area (Å²) < 4.78 is 1.64. The summed E-state index contributed by atoms with van der Waals surface area (Å²) in [6, 6.07) is 12.0. The number of carbonyl (C=O) groups excluding carboxylic acids is 1. The number of anilines is 2. The molecule has 1 saturated carbocycles. The summed E-state index contributed by atoms with van der Waals surface area (Å²) in [4.78, 5) is 26.8. The van der Waals surface area contributed by atoms with Crippen LogP contribution in [0.3, 0.4) is 0 Å². The molecule has 9 nitrogen and oxygen atoms in total. The molecule has 3 heterocycles. The number of carbonyl (C=O) groups is 1.